The van der Waals surface area contributed by atoms with E-state index in [1.54, 1.807) is 7.05 Å². The van der Waals surface area contributed by atoms with E-state index in [4.69, 9.17) is 15.3 Å². The minimum Gasteiger partial charge on any atom is -0.480 e. The average molecular weight is 251 g/mol. The molecule has 92 valence electrons. The Morgan fingerprint density at radius 3 is 1.62 bits per heavy atom. The second kappa shape index (κ2) is 9.99. The Balaban J connectivity index is 0. The van der Waals surface area contributed by atoms with Gasteiger partial charge in [0.05, 0.1) is 0 Å². The molecule has 0 aliphatic rings. The van der Waals surface area contributed by atoms with Crippen LogP contribution in [0.25, 0.3) is 0 Å². The first-order valence-electron chi connectivity index (χ1n) is 4.00. The number of carboxylic acids is 3. The zero-order chi connectivity index (χ0) is 13.1. The molecule has 0 rings (SSSR count). The van der Waals surface area contributed by atoms with Crippen LogP contribution in [0.1, 0.15) is 0 Å². The third-order valence-corrected chi connectivity index (χ3v) is 1.56. The van der Waals surface area contributed by atoms with Crippen molar-refractivity contribution in [2.75, 3.05) is 12.8 Å². The maximum Gasteiger partial charge on any atom is 0.328 e. The number of likely N-dealkylation sites (N-methyl/N-ethyl adjacent to an activating group) is 1. The highest BCUT2D eigenvalue weighted by atomic mass is 32.1. The Bertz CT molecular complexity index is 258. The Kier molecular flexibility index (Phi) is 10.5. The molecule has 0 unspecified atom stereocenters. The zero-order valence-electron chi connectivity index (χ0n) is 8.45. The van der Waals surface area contributed by atoms with E-state index in [1.807, 2.05) is 0 Å². The molecule has 0 spiro atoms. The quantitative estimate of drug-likeness (QED) is 0.323. The molecule has 0 fully saturated rings. The van der Waals surface area contributed by atoms with Crippen LogP contribution in [0.3, 0.4) is 0 Å². The molecule has 1 atom stereocenters. The predicted octanol–water partition coefficient (Wildman–Crippen LogP) is -0.699. The molecule has 0 saturated carbocycles. The van der Waals surface area contributed by atoms with Gasteiger partial charge in [0.15, 0.2) is 0 Å². The topological polar surface area (TPSA) is 124 Å². The number of rotatable bonds is 5. The first kappa shape index (κ1) is 16.9. The number of carboxylic acid groups (broad SMARTS) is 3. The lowest BCUT2D eigenvalue weighted by molar-refractivity contribution is -0.138. The van der Waals surface area contributed by atoms with Crippen LogP contribution in [0, 0.1) is 0 Å². The molecule has 0 aliphatic carbocycles. The van der Waals surface area contributed by atoms with Crippen LogP contribution < -0.4 is 5.32 Å². The zero-order valence-corrected chi connectivity index (χ0v) is 9.35. The average Bonchev–Trinajstić information content (AvgIpc) is 2.17. The molecule has 0 aromatic rings. The van der Waals surface area contributed by atoms with Gasteiger partial charge in [0.2, 0.25) is 0 Å². The fourth-order valence-electron chi connectivity index (χ4n) is 0.435. The minimum absolute atomic E-state index is 0.325. The van der Waals surface area contributed by atoms with E-state index in [0.29, 0.717) is 17.9 Å². The number of thiol groups is 1. The monoisotopic (exact) mass is 251 g/mol. The predicted molar refractivity (Wildman–Crippen MR) is 58.7 cm³/mol. The summed E-state index contributed by atoms with van der Waals surface area (Å²) in [7, 11) is 1.59. The molecule has 0 aromatic heterocycles. The van der Waals surface area contributed by atoms with Crippen molar-refractivity contribution in [2.45, 2.75) is 6.04 Å². The van der Waals surface area contributed by atoms with Gasteiger partial charge in [0, 0.05) is 17.9 Å². The Morgan fingerprint density at radius 2 is 1.56 bits per heavy atom. The van der Waals surface area contributed by atoms with Crippen molar-refractivity contribution in [1.29, 1.82) is 0 Å². The van der Waals surface area contributed by atoms with E-state index in [1.165, 1.54) is 0 Å². The van der Waals surface area contributed by atoms with E-state index in [9.17, 15) is 14.4 Å². The normalized spacial score (nSPS) is 11.4. The number of aliphatic carboxylic acids is 3. The summed E-state index contributed by atoms with van der Waals surface area (Å²) >= 11 is 3.79. The lowest BCUT2D eigenvalue weighted by Gasteiger charge is -2.04. The molecule has 4 N–H and O–H groups in total. The molecule has 0 aliphatic heterocycles. The van der Waals surface area contributed by atoms with Gasteiger partial charge in [-0.2, -0.15) is 12.6 Å². The maximum atomic E-state index is 10.1. The summed E-state index contributed by atoms with van der Waals surface area (Å²) in [5.41, 5.74) is 0. The summed E-state index contributed by atoms with van der Waals surface area (Å²) in [6.45, 7) is 0. The molecule has 16 heavy (non-hydrogen) atoms. The SMILES string of the molecule is CN[C@@H](CS)C(=O)O.O=C(O)C=CC(=O)O. The second-order valence-electron chi connectivity index (χ2n) is 2.37. The fourth-order valence-corrected chi connectivity index (χ4v) is 0.774. The molecule has 0 saturated heterocycles. The van der Waals surface area contributed by atoms with Crippen molar-refractivity contribution in [3.05, 3.63) is 12.2 Å². The summed E-state index contributed by atoms with van der Waals surface area (Å²) in [6, 6.07) is -0.515. The first-order valence-corrected chi connectivity index (χ1v) is 4.63. The van der Waals surface area contributed by atoms with Gasteiger partial charge in [0.25, 0.3) is 0 Å². The van der Waals surface area contributed by atoms with Gasteiger partial charge in [-0.1, -0.05) is 0 Å². The summed E-state index contributed by atoms with van der Waals surface area (Å²) in [4.78, 5) is 29.2. The van der Waals surface area contributed by atoms with Crippen LogP contribution in [0.5, 0.6) is 0 Å². The summed E-state index contributed by atoms with van der Waals surface area (Å²) in [5.74, 6) is -3.05. The highest BCUT2D eigenvalue weighted by Crippen LogP contribution is 1.84. The number of nitrogens with one attached hydrogen (secondary N) is 1. The number of carbonyl (C=O) groups is 3. The molecule has 7 nitrogen and oxygen atoms in total. The molecular weight excluding hydrogens is 238 g/mol. The van der Waals surface area contributed by atoms with Crippen LogP contribution in [-0.2, 0) is 14.4 Å². The van der Waals surface area contributed by atoms with Crippen molar-refractivity contribution in [1.82, 2.24) is 5.32 Å². The molecule has 8 heteroatoms. The van der Waals surface area contributed by atoms with Gasteiger partial charge in [-0.05, 0) is 7.05 Å². The fraction of sp³-hybridized carbons (Fsp3) is 0.375. The van der Waals surface area contributed by atoms with Crippen LogP contribution >= 0.6 is 12.6 Å². The maximum absolute atomic E-state index is 10.1. The van der Waals surface area contributed by atoms with Crippen molar-refractivity contribution in [3.8, 4) is 0 Å². The number of hydrogen-bond acceptors (Lipinski definition) is 5. The van der Waals surface area contributed by atoms with Gasteiger partial charge in [-0.25, -0.2) is 9.59 Å². The Morgan fingerprint density at radius 1 is 1.19 bits per heavy atom. The highest BCUT2D eigenvalue weighted by Gasteiger charge is 2.10. The van der Waals surface area contributed by atoms with Crippen molar-refractivity contribution in [2.24, 2.45) is 0 Å². The smallest absolute Gasteiger partial charge is 0.328 e. The van der Waals surface area contributed by atoms with Gasteiger partial charge < -0.3 is 20.6 Å². The third kappa shape index (κ3) is 12.5. The molecule has 0 aromatic carbocycles. The van der Waals surface area contributed by atoms with E-state index in [2.05, 4.69) is 17.9 Å². The highest BCUT2D eigenvalue weighted by molar-refractivity contribution is 7.80. The molecule has 0 bridgehead atoms. The lowest BCUT2D eigenvalue weighted by Crippen LogP contribution is -2.35. The van der Waals surface area contributed by atoms with E-state index in [0.717, 1.165) is 0 Å². The van der Waals surface area contributed by atoms with Crippen molar-refractivity contribution < 1.29 is 29.7 Å². The Hall–Kier alpha value is -1.54. The van der Waals surface area contributed by atoms with Gasteiger partial charge >= 0.3 is 17.9 Å². The van der Waals surface area contributed by atoms with Crippen molar-refractivity contribution in [3.63, 3.8) is 0 Å². The van der Waals surface area contributed by atoms with Gasteiger partial charge in [0.1, 0.15) is 6.04 Å². The first-order chi connectivity index (χ1) is 7.34. The van der Waals surface area contributed by atoms with Crippen LogP contribution in [-0.4, -0.2) is 52.1 Å². The Labute approximate surface area is 97.2 Å². The third-order valence-electron chi connectivity index (χ3n) is 1.20. The molecular formula is C8H13NO6S. The standard InChI is InChI=1S/C4H9NO2S.C4H4O4/c1-5-3(2-8)4(6)7;5-3(6)1-2-4(7)8/h3,5,8H,2H2,1H3,(H,6,7);1-2H,(H,5,6)(H,7,8)/t3-;/m0./s1. The van der Waals surface area contributed by atoms with Gasteiger partial charge in [-0.3, -0.25) is 4.79 Å². The molecule has 0 radical (unpaired) electrons. The van der Waals surface area contributed by atoms with E-state index in [-0.39, 0.29) is 0 Å². The molecule has 0 amide bonds. The van der Waals surface area contributed by atoms with Crippen LogP contribution in [0.4, 0.5) is 0 Å². The summed E-state index contributed by atoms with van der Waals surface area (Å²) < 4.78 is 0. The van der Waals surface area contributed by atoms with Gasteiger partial charge in [-0.15, -0.1) is 0 Å². The minimum atomic E-state index is -1.26. The summed E-state index contributed by atoms with van der Waals surface area (Å²) in [6.07, 6.45) is 1.12. The van der Waals surface area contributed by atoms with Crippen molar-refractivity contribution >= 4 is 30.5 Å². The van der Waals surface area contributed by atoms with Crippen LogP contribution in [0.2, 0.25) is 0 Å². The number of hydrogen-bond donors (Lipinski definition) is 5. The molecule has 0 heterocycles. The largest absolute Gasteiger partial charge is 0.480 e. The summed E-state index contributed by atoms with van der Waals surface area (Å²) in [5, 5.41) is 26.5. The lowest BCUT2D eigenvalue weighted by atomic mass is 10.3. The second-order valence-corrected chi connectivity index (χ2v) is 2.74. The van der Waals surface area contributed by atoms with E-state index < -0.39 is 23.9 Å². The van der Waals surface area contributed by atoms with E-state index >= 15 is 0 Å². The van der Waals surface area contributed by atoms with Crippen LogP contribution in [0.15, 0.2) is 12.2 Å².